The van der Waals surface area contributed by atoms with Crippen LogP contribution in [-0.4, -0.2) is 32.7 Å². The number of aromatic nitrogens is 4. The molecule has 0 unspecified atom stereocenters. The lowest BCUT2D eigenvalue weighted by atomic mass is 10.1. The first kappa shape index (κ1) is 19.6. The van der Waals surface area contributed by atoms with Gasteiger partial charge in [-0.3, -0.25) is 4.79 Å². The van der Waals surface area contributed by atoms with Crippen LogP contribution in [0.3, 0.4) is 0 Å². The number of carbonyl (C=O) groups is 1. The molecule has 0 bridgehead atoms. The van der Waals surface area contributed by atoms with E-state index < -0.39 is 0 Å². The Morgan fingerprint density at radius 1 is 1.03 bits per heavy atom. The average Bonchev–Trinajstić information content (AvgIpc) is 3.23. The van der Waals surface area contributed by atoms with Crippen LogP contribution in [0.4, 0.5) is 5.69 Å². The van der Waals surface area contributed by atoms with Crippen LogP contribution < -0.4 is 10.1 Å². The van der Waals surface area contributed by atoms with Crippen molar-refractivity contribution in [1.29, 1.82) is 0 Å². The molecule has 3 aromatic carbocycles. The van der Waals surface area contributed by atoms with E-state index in [4.69, 9.17) is 4.74 Å². The molecule has 0 saturated carbocycles. The molecule has 30 heavy (non-hydrogen) atoms. The second-order valence-corrected chi connectivity index (χ2v) is 6.94. The Kier molecular flexibility index (Phi) is 5.98. The van der Waals surface area contributed by atoms with E-state index in [1.165, 1.54) is 4.80 Å². The molecule has 1 N–H and O–H groups in total. The van der Waals surface area contributed by atoms with E-state index in [9.17, 15) is 4.79 Å². The average molecular weight is 401 g/mol. The Morgan fingerprint density at radius 3 is 2.67 bits per heavy atom. The molecule has 0 aliphatic rings. The van der Waals surface area contributed by atoms with Gasteiger partial charge in [0.1, 0.15) is 12.3 Å². The smallest absolute Gasteiger partial charge is 0.248 e. The summed E-state index contributed by atoms with van der Waals surface area (Å²) in [5.74, 6) is 1.07. The molecule has 4 aromatic rings. The maximum atomic E-state index is 12.5. The maximum Gasteiger partial charge on any atom is 0.248 e. The van der Waals surface area contributed by atoms with Crippen molar-refractivity contribution in [3.05, 3.63) is 66.7 Å². The van der Waals surface area contributed by atoms with Crippen molar-refractivity contribution >= 4 is 22.4 Å². The molecule has 0 spiro atoms. The number of carbonyl (C=O) groups excluding carboxylic acids is 1. The fourth-order valence-corrected chi connectivity index (χ4v) is 3.11. The molecule has 1 amide bonds. The highest BCUT2D eigenvalue weighted by Gasteiger charge is 2.11. The van der Waals surface area contributed by atoms with Crippen molar-refractivity contribution in [3.8, 4) is 17.1 Å². The van der Waals surface area contributed by atoms with Crippen molar-refractivity contribution in [2.45, 2.75) is 26.3 Å². The monoisotopic (exact) mass is 401 g/mol. The standard InChI is InChI=1S/C23H23N5O2/c1-2-3-15-30-19-13-11-18(12-14-19)23-25-27-28(26-23)16-22(29)24-21-10-6-8-17-7-4-5-9-20(17)21/h4-14H,2-3,15-16H2,1H3,(H,24,29). The Bertz CT molecular complexity index is 1130. The summed E-state index contributed by atoms with van der Waals surface area (Å²) in [5.41, 5.74) is 1.58. The first-order chi connectivity index (χ1) is 14.7. The van der Waals surface area contributed by atoms with Crippen LogP contribution >= 0.6 is 0 Å². The van der Waals surface area contributed by atoms with E-state index in [0.29, 0.717) is 12.4 Å². The van der Waals surface area contributed by atoms with E-state index in [1.807, 2.05) is 66.7 Å². The maximum absolute atomic E-state index is 12.5. The third-order valence-corrected chi connectivity index (χ3v) is 4.68. The van der Waals surface area contributed by atoms with Crippen LogP contribution in [0.5, 0.6) is 5.75 Å². The summed E-state index contributed by atoms with van der Waals surface area (Å²) >= 11 is 0. The third-order valence-electron chi connectivity index (χ3n) is 4.68. The summed E-state index contributed by atoms with van der Waals surface area (Å²) in [6.45, 7) is 2.81. The second kappa shape index (κ2) is 9.17. The molecule has 4 rings (SSSR count). The molecule has 0 radical (unpaired) electrons. The summed E-state index contributed by atoms with van der Waals surface area (Å²) < 4.78 is 5.67. The van der Waals surface area contributed by atoms with Gasteiger partial charge in [-0.2, -0.15) is 4.80 Å². The molecule has 7 nitrogen and oxygen atoms in total. The summed E-state index contributed by atoms with van der Waals surface area (Å²) in [5, 5.41) is 17.4. The van der Waals surface area contributed by atoms with Crippen LogP contribution in [0.15, 0.2) is 66.7 Å². The van der Waals surface area contributed by atoms with Gasteiger partial charge in [-0.15, -0.1) is 10.2 Å². The number of unbranched alkanes of at least 4 members (excludes halogenated alkanes) is 1. The zero-order chi connectivity index (χ0) is 20.8. The Labute approximate surface area is 174 Å². The van der Waals surface area contributed by atoms with E-state index in [-0.39, 0.29) is 12.5 Å². The van der Waals surface area contributed by atoms with Gasteiger partial charge in [0.05, 0.1) is 6.61 Å². The van der Waals surface area contributed by atoms with Crippen LogP contribution in [0.2, 0.25) is 0 Å². The summed E-state index contributed by atoms with van der Waals surface area (Å²) in [6.07, 6.45) is 2.12. The number of fused-ring (bicyclic) bond motifs is 1. The number of nitrogens with one attached hydrogen (secondary N) is 1. The van der Waals surface area contributed by atoms with E-state index in [1.54, 1.807) is 0 Å². The second-order valence-electron chi connectivity index (χ2n) is 6.94. The van der Waals surface area contributed by atoms with Gasteiger partial charge in [-0.05, 0) is 47.4 Å². The first-order valence-corrected chi connectivity index (χ1v) is 10.0. The number of hydrogen-bond donors (Lipinski definition) is 1. The zero-order valence-electron chi connectivity index (χ0n) is 16.8. The van der Waals surface area contributed by atoms with Gasteiger partial charge in [0, 0.05) is 16.6 Å². The SMILES string of the molecule is CCCCOc1ccc(-c2nnn(CC(=O)Nc3cccc4ccccc34)n2)cc1. The van der Waals surface area contributed by atoms with Crippen molar-refractivity contribution in [3.63, 3.8) is 0 Å². The number of benzene rings is 3. The topological polar surface area (TPSA) is 81.9 Å². The lowest BCUT2D eigenvalue weighted by Gasteiger charge is -2.08. The fourth-order valence-electron chi connectivity index (χ4n) is 3.11. The minimum absolute atomic E-state index is 0.0194. The molecular formula is C23H23N5O2. The van der Waals surface area contributed by atoms with Gasteiger partial charge in [0.25, 0.3) is 0 Å². The summed E-state index contributed by atoms with van der Waals surface area (Å²) in [4.78, 5) is 13.8. The largest absolute Gasteiger partial charge is 0.494 e. The van der Waals surface area contributed by atoms with Gasteiger partial charge < -0.3 is 10.1 Å². The van der Waals surface area contributed by atoms with Crippen LogP contribution in [-0.2, 0) is 11.3 Å². The molecule has 0 fully saturated rings. The Hall–Kier alpha value is -3.74. The first-order valence-electron chi connectivity index (χ1n) is 10.0. The number of anilines is 1. The van der Waals surface area contributed by atoms with Gasteiger partial charge >= 0.3 is 0 Å². The number of nitrogens with zero attached hydrogens (tertiary/aromatic N) is 4. The molecule has 1 aromatic heterocycles. The van der Waals surface area contributed by atoms with Crippen LogP contribution in [0, 0.1) is 0 Å². The van der Waals surface area contributed by atoms with Gasteiger partial charge in [-0.1, -0.05) is 49.7 Å². The Balaban J connectivity index is 1.40. The number of ether oxygens (including phenoxy) is 1. The predicted molar refractivity (Wildman–Crippen MR) is 116 cm³/mol. The molecule has 0 atom stereocenters. The minimum atomic E-state index is -0.213. The highest BCUT2D eigenvalue weighted by Crippen LogP contribution is 2.23. The van der Waals surface area contributed by atoms with Crippen molar-refractivity contribution in [1.82, 2.24) is 20.2 Å². The molecule has 152 valence electrons. The molecular weight excluding hydrogens is 378 g/mol. The number of amides is 1. The minimum Gasteiger partial charge on any atom is -0.494 e. The fraction of sp³-hybridized carbons (Fsp3) is 0.217. The summed E-state index contributed by atoms with van der Waals surface area (Å²) in [6, 6.07) is 21.3. The van der Waals surface area contributed by atoms with Gasteiger partial charge in [0.15, 0.2) is 0 Å². The lowest BCUT2D eigenvalue weighted by molar-refractivity contribution is -0.117. The van der Waals surface area contributed by atoms with Crippen molar-refractivity contribution in [2.75, 3.05) is 11.9 Å². The van der Waals surface area contributed by atoms with Crippen molar-refractivity contribution < 1.29 is 9.53 Å². The van der Waals surface area contributed by atoms with E-state index in [0.717, 1.165) is 40.6 Å². The number of hydrogen-bond acceptors (Lipinski definition) is 5. The normalized spacial score (nSPS) is 10.8. The molecule has 0 saturated heterocycles. The van der Waals surface area contributed by atoms with Gasteiger partial charge in [-0.25, -0.2) is 0 Å². The molecule has 0 aliphatic heterocycles. The predicted octanol–water partition coefficient (Wildman–Crippen LogP) is 4.31. The molecule has 0 aliphatic carbocycles. The highest BCUT2D eigenvalue weighted by molar-refractivity contribution is 6.01. The Morgan fingerprint density at radius 2 is 1.83 bits per heavy atom. The number of tetrazole rings is 1. The molecule has 1 heterocycles. The van der Waals surface area contributed by atoms with Crippen LogP contribution in [0.25, 0.3) is 22.2 Å². The van der Waals surface area contributed by atoms with E-state index >= 15 is 0 Å². The zero-order valence-corrected chi connectivity index (χ0v) is 16.8. The van der Waals surface area contributed by atoms with Crippen LogP contribution in [0.1, 0.15) is 19.8 Å². The van der Waals surface area contributed by atoms with E-state index in [2.05, 4.69) is 27.7 Å². The van der Waals surface area contributed by atoms with Crippen molar-refractivity contribution in [2.24, 2.45) is 0 Å². The number of rotatable bonds is 8. The van der Waals surface area contributed by atoms with Gasteiger partial charge in [0.2, 0.25) is 11.7 Å². The lowest BCUT2D eigenvalue weighted by Crippen LogP contribution is -2.20. The summed E-state index contributed by atoms with van der Waals surface area (Å²) in [7, 11) is 0. The molecule has 7 heteroatoms. The highest BCUT2D eigenvalue weighted by atomic mass is 16.5. The third kappa shape index (κ3) is 4.63. The quantitative estimate of drug-likeness (QED) is 0.445.